The van der Waals surface area contributed by atoms with E-state index in [1.807, 2.05) is 0 Å². The normalized spacial score (nSPS) is 12.0. The van der Waals surface area contributed by atoms with Crippen LogP contribution in [0.25, 0.3) is 0 Å². The number of alkyl halides is 9. The molecule has 0 aromatic heterocycles. The van der Waals surface area contributed by atoms with Crippen LogP contribution in [0.5, 0.6) is 0 Å². The maximum Gasteiger partial charge on any atom is 0.416 e. The van der Waals surface area contributed by atoms with Crippen LogP contribution in [-0.4, -0.2) is 12.6 Å². The van der Waals surface area contributed by atoms with E-state index in [1.54, 1.807) is 0 Å². The Morgan fingerprint density at radius 3 is 1.29 bits per heavy atom. The average molecular weight is 416 g/mol. The van der Waals surface area contributed by atoms with Crippen LogP contribution in [0.2, 0.25) is 0 Å². The van der Waals surface area contributed by atoms with E-state index in [0.717, 1.165) is 12.1 Å². The molecule has 0 amide bonds. The molecule has 0 heterocycles. The number of aldehydes is 2. The minimum atomic E-state index is -4.92. The maximum atomic E-state index is 12.2. The standard InChI is InChI=1S/C9H4F6O.C8H5F3O/c10-8(11,12)6-1-5(4-16)2-7(3-6)9(13,14)15;9-8(10,11)7-3-1-2-6(4-7)5-12/h1-4H;1-5H. The molecule has 0 saturated carbocycles. The van der Waals surface area contributed by atoms with Crippen molar-refractivity contribution in [1.29, 1.82) is 0 Å². The summed E-state index contributed by atoms with van der Waals surface area (Å²) in [6.07, 6.45) is -13.9. The fraction of sp³-hybridized carbons (Fsp3) is 0.176. The second-order valence-corrected chi connectivity index (χ2v) is 5.20. The first-order valence-corrected chi connectivity index (χ1v) is 7.05. The third kappa shape index (κ3) is 6.71. The third-order valence-corrected chi connectivity index (χ3v) is 3.10. The van der Waals surface area contributed by atoms with Gasteiger partial charge in [-0.25, -0.2) is 0 Å². The molecule has 28 heavy (non-hydrogen) atoms. The molecular weight excluding hydrogens is 407 g/mol. The van der Waals surface area contributed by atoms with Gasteiger partial charge in [0.15, 0.2) is 0 Å². The van der Waals surface area contributed by atoms with Gasteiger partial charge in [-0.3, -0.25) is 9.59 Å². The Labute approximate surface area is 151 Å². The molecule has 152 valence electrons. The smallest absolute Gasteiger partial charge is 0.298 e. The van der Waals surface area contributed by atoms with Crippen molar-refractivity contribution in [1.82, 2.24) is 0 Å². The van der Waals surface area contributed by atoms with Crippen molar-refractivity contribution < 1.29 is 49.1 Å². The minimum absolute atomic E-state index is 0.0322. The molecule has 0 aliphatic carbocycles. The minimum Gasteiger partial charge on any atom is -0.298 e. The molecule has 0 spiro atoms. The molecule has 11 heteroatoms. The summed E-state index contributed by atoms with van der Waals surface area (Å²) in [5, 5.41) is 0. The molecule has 0 saturated heterocycles. The van der Waals surface area contributed by atoms with Gasteiger partial charge in [-0.2, -0.15) is 39.5 Å². The van der Waals surface area contributed by atoms with Gasteiger partial charge < -0.3 is 0 Å². The first-order chi connectivity index (χ1) is 12.7. The lowest BCUT2D eigenvalue weighted by Crippen LogP contribution is -2.11. The van der Waals surface area contributed by atoms with Crippen LogP contribution in [0.3, 0.4) is 0 Å². The Balaban J connectivity index is 0.000000292. The third-order valence-electron chi connectivity index (χ3n) is 3.10. The van der Waals surface area contributed by atoms with Gasteiger partial charge in [0.1, 0.15) is 12.6 Å². The topological polar surface area (TPSA) is 34.1 Å². The summed E-state index contributed by atoms with van der Waals surface area (Å²) >= 11 is 0. The number of hydrogen-bond donors (Lipinski definition) is 0. The molecule has 0 fully saturated rings. The van der Waals surface area contributed by atoms with E-state index in [2.05, 4.69) is 0 Å². The molecule has 0 bridgehead atoms. The molecule has 2 rings (SSSR count). The van der Waals surface area contributed by atoms with Gasteiger partial charge in [-0.1, -0.05) is 12.1 Å². The fourth-order valence-electron chi connectivity index (χ4n) is 1.84. The first-order valence-electron chi connectivity index (χ1n) is 7.05. The molecule has 2 nitrogen and oxygen atoms in total. The van der Waals surface area contributed by atoms with Crippen molar-refractivity contribution in [2.45, 2.75) is 18.5 Å². The lowest BCUT2D eigenvalue weighted by molar-refractivity contribution is -0.143. The zero-order chi connectivity index (χ0) is 21.8. The van der Waals surface area contributed by atoms with E-state index in [1.165, 1.54) is 12.1 Å². The number of benzene rings is 2. The summed E-state index contributed by atoms with van der Waals surface area (Å²) < 4.78 is 109. The van der Waals surface area contributed by atoms with Gasteiger partial charge in [-0.15, -0.1) is 0 Å². The van der Waals surface area contributed by atoms with Crippen LogP contribution in [0.4, 0.5) is 39.5 Å². The number of carbonyl (C=O) groups is 2. The lowest BCUT2D eigenvalue weighted by atomic mass is 10.1. The van der Waals surface area contributed by atoms with E-state index >= 15 is 0 Å². The van der Waals surface area contributed by atoms with Gasteiger partial charge in [0.2, 0.25) is 0 Å². The molecule has 0 unspecified atom stereocenters. The van der Waals surface area contributed by atoms with Crippen molar-refractivity contribution in [2.24, 2.45) is 0 Å². The Morgan fingerprint density at radius 1 is 0.536 bits per heavy atom. The summed E-state index contributed by atoms with van der Waals surface area (Å²) in [5.41, 5.74) is -4.42. The largest absolute Gasteiger partial charge is 0.416 e. The fourth-order valence-corrected chi connectivity index (χ4v) is 1.84. The Morgan fingerprint density at radius 2 is 0.929 bits per heavy atom. The Bertz CT molecular complexity index is 801. The second kappa shape index (κ2) is 8.44. The predicted molar refractivity (Wildman–Crippen MR) is 78.7 cm³/mol. The van der Waals surface area contributed by atoms with Gasteiger partial charge in [0.05, 0.1) is 16.7 Å². The second-order valence-electron chi connectivity index (χ2n) is 5.20. The van der Waals surface area contributed by atoms with Crippen LogP contribution in [0.15, 0.2) is 42.5 Å². The maximum absolute atomic E-state index is 12.2. The number of hydrogen-bond acceptors (Lipinski definition) is 2. The summed E-state index contributed by atoms with van der Waals surface area (Å²) in [4.78, 5) is 20.3. The van der Waals surface area contributed by atoms with E-state index < -0.39 is 40.8 Å². The van der Waals surface area contributed by atoms with Gasteiger partial charge in [-0.05, 0) is 30.3 Å². The zero-order valence-electron chi connectivity index (χ0n) is 13.4. The van der Waals surface area contributed by atoms with Crippen molar-refractivity contribution in [3.63, 3.8) is 0 Å². The van der Waals surface area contributed by atoms with Gasteiger partial charge in [0.25, 0.3) is 0 Å². The number of halogens is 9. The highest BCUT2D eigenvalue weighted by Crippen LogP contribution is 2.36. The Hall–Kier alpha value is -2.85. The van der Waals surface area contributed by atoms with Crippen LogP contribution < -0.4 is 0 Å². The first kappa shape index (κ1) is 23.2. The van der Waals surface area contributed by atoms with E-state index in [4.69, 9.17) is 0 Å². The van der Waals surface area contributed by atoms with Crippen molar-refractivity contribution in [2.75, 3.05) is 0 Å². The molecule has 0 N–H and O–H groups in total. The van der Waals surface area contributed by atoms with E-state index in [0.29, 0.717) is 18.4 Å². The molecular formula is C17H9F9O2. The molecule has 0 atom stereocenters. The quantitative estimate of drug-likeness (QED) is 0.441. The average Bonchev–Trinajstić information content (AvgIpc) is 2.59. The van der Waals surface area contributed by atoms with Crippen LogP contribution in [0, 0.1) is 0 Å². The molecule has 2 aromatic carbocycles. The SMILES string of the molecule is O=Cc1cc(C(F)(F)F)cc(C(F)(F)F)c1.O=Cc1cccc(C(F)(F)F)c1. The van der Waals surface area contributed by atoms with Crippen molar-refractivity contribution in [3.8, 4) is 0 Å². The monoisotopic (exact) mass is 416 g/mol. The summed E-state index contributed by atoms with van der Waals surface area (Å²) in [6, 6.07) is 4.95. The highest BCUT2D eigenvalue weighted by molar-refractivity contribution is 5.76. The zero-order valence-corrected chi connectivity index (χ0v) is 13.4. The predicted octanol–water partition coefficient (Wildman–Crippen LogP) is 6.05. The highest BCUT2D eigenvalue weighted by Gasteiger charge is 2.36. The lowest BCUT2D eigenvalue weighted by Gasteiger charge is -2.12. The van der Waals surface area contributed by atoms with Gasteiger partial charge >= 0.3 is 18.5 Å². The molecule has 0 radical (unpaired) electrons. The van der Waals surface area contributed by atoms with Gasteiger partial charge in [0, 0.05) is 11.1 Å². The van der Waals surface area contributed by atoms with Crippen LogP contribution in [-0.2, 0) is 18.5 Å². The van der Waals surface area contributed by atoms with Crippen molar-refractivity contribution in [3.05, 3.63) is 70.3 Å². The summed E-state index contributed by atoms with van der Waals surface area (Å²) in [7, 11) is 0. The number of carbonyl (C=O) groups excluding carboxylic acids is 2. The van der Waals surface area contributed by atoms with Crippen molar-refractivity contribution >= 4 is 12.6 Å². The van der Waals surface area contributed by atoms with E-state index in [-0.39, 0.29) is 17.9 Å². The Kier molecular flexibility index (Phi) is 6.99. The summed E-state index contributed by atoms with van der Waals surface area (Å²) in [6.45, 7) is 0. The molecule has 2 aromatic rings. The molecule has 0 aliphatic heterocycles. The van der Waals surface area contributed by atoms with Crippen LogP contribution >= 0.6 is 0 Å². The summed E-state index contributed by atoms with van der Waals surface area (Å²) in [5.74, 6) is 0. The highest BCUT2D eigenvalue weighted by atomic mass is 19.4. The molecule has 0 aliphatic rings. The van der Waals surface area contributed by atoms with E-state index in [9.17, 15) is 49.1 Å². The number of rotatable bonds is 2. The van der Waals surface area contributed by atoms with Crippen LogP contribution in [0.1, 0.15) is 37.4 Å².